The number of rotatable bonds is 5. The molecule has 9 heteroatoms. The number of amides is 1. The highest BCUT2D eigenvalue weighted by Crippen LogP contribution is 2.33. The van der Waals surface area contributed by atoms with Crippen molar-refractivity contribution in [2.75, 3.05) is 23.9 Å². The normalized spacial score (nSPS) is 22.5. The number of thioether (sulfide) groups is 2. The molecule has 0 spiro atoms. The van der Waals surface area contributed by atoms with E-state index in [1.54, 1.807) is 60.3 Å². The number of furan rings is 2. The minimum Gasteiger partial charge on any atom is -0.467 e. The monoisotopic (exact) mass is 406 g/mol. The highest BCUT2D eigenvalue weighted by Gasteiger charge is 2.36. The lowest BCUT2D eigenvalue weighted by Crippen LogP contribution is -2.34. The average Bonchev–Trinajstić information content (AvgIpc) is 3.46. The van der Waals surface area contributed by atoms with Crippen LogP contribution in [0.5, 0.6) is 0 Å². The number of hydrogen-bond donors (Lipinski definition) is 0. The molecule has 142 valence electrons. The molecule has 4 heterocycles. The molecule has 4 rings (SSSR count). The van der Waals surface area contributed by atoms with Gasteiger partial charge in [0.05, 0.1) is 12.5 Å². The van der Waals surface area contributed by atoms with Gasteiger partial charge in [-0.15, -0.1) is 11.8 Å². The standard InChI is InChI=1S/C18H18N2O5S2/c21-17(10-25-18(22)16-11-26-7-8-27-16)20-13(15-4-2-6-24-15)9-12(19-20)14-3-1-5-23-14/h1-6,13,16H,7-11H2. The number of ether oxygens (including phenoxy) is 1. The Morgan fingerprint density at radius 3 is 2.78 bits per heavy atom. The van der Waals surface area contributed by atoms with Crippen molar-refractivity contribution in [3.05, 3.63) is 48.3 Å². The topological polar surface area (TPSA) is 85.3 Å². The molecule has 2 aliphatic rings. The Hall–Kier alpha value is -2.13. The van der Waals surface area contributed by atoms with E-state index in [2.05, 4.69) is 5.10 Å². The summed E-state index contributed by atoms with van der Waals surface area (Å²) in [6.07, 6.45) is 3.59. The third-order valence-corrected chi connectivity index (χ3v) is 6.99. The third-order valence-electron chi connectivity index (χ3n) is 4.26. The van der Waals surface area contributed by atoms with E-state index in [1.807, 2.05) is 0 Å². The van der Waals surface area contributed by atoms with Crippen molar-refractivity contribution in [2.24, 2.45) is 5.10 Å². The Morgan fingerprint density at radius 2 is 2.07 bits per heavy atom. The average molecular weight is 406 g/mol. The van der Waals surface area contributed by atoms with Crippen molar-refractivity contribution in [3.63, 3.8) is 0 Å². The predicted molar refractivity (Wildman–Crippen MR) is 103 cm³/mol. The van der Waals surface area contributed by atoms with Crippen molar-refractivity contribution in [3.8, 4) is 0 Å². The first-order valence-corrected chi connectivity index (χ1v) is 10.8. The van der Waals surface area contributed by atoms with E-state index >= 15 is 0 Å². The lowest BCUT2D eigenvalue weighted by atomic mass is 10.1. The summed E-state index contributed by atoms with van der Waals surface area (Å²) < 4.78 is 16.1. The molecule has 0 aromatic carbocycles. The summed E-state index contributed by atoms with van der Waals surface area (Å²) in [6, 6.07) is 6.75. The number of hydrogen-bond acceptors (Lipinski definition) is 8. The molecule has 1 saturated heterocycles. The van der Waals surface area contributed by atoms with Crippen LogP contribution < -0.4 is 0 Å². The van der Waals surface area contributed by atoms with Gasteiger partial charge in [-0.2, -0.15) is 16.9 Å². The van der Waals surface area contributed by atoms with Crippen LogP contribution in [0.25, 0.3) is 0 Å². The van der Waals surface area contributed by atoms with E-state index in [0.29, 0.717) is 23.7 Å². The fourth-order valence-electron chi connectivity index (χ4n) is 2.95. The van der Waals surface area contributed by atoms with Crippen LogP contribution in [-0.2, 0) is 14.3 Å². The Kier molecular flexibility index (Phi) is 5.58. The molecule has 0 bridgehead atoms. The number of hydrazone groups is 1. The second-order valence-corrected chi connectivity index (χ2v) is 8.50. The molecule has 2 atom stereocenters. The van der Waals surface area contributed by atoms with Crippen LogP contribution in [0.2, 0.25) is 0 Å². The van der Waals surface area contributed by atoms with Crippen LogP contribution in [-0.4, -0.2) is 51.7 Å². The largest absolute Gasteiger partial charge is 0.467 e. The maximum absolute atomic E-state index is 12.7. The van der Waals surface area contributed by atoms with E-state index in [-0.39, 0.29) is 29.8 Å². The molecule has 0 saturated carbocycles. The van der Waals surface area contributed by atoms with E-state index in [4.69, 9.17) is 13.6 Å². The van der Waals surface area contributed by atoms with Gasteiger partial charge in [-0.05, 0) is 24.3 Å². The predicted octanol–water partition coefficient (Wildman–Crippen LogP) is 2.94. The van der Waals surface area contributed by atoms with Crippen LogP contribution in [0.15, 0.2) is 50.7 Å². The number of esters is 1. The van der Waals surface area contributed by atoms with Gasteiger partial charge in [-0.1, -0.05) is 0 Å². The first-order valence-electron chi connectivity index (χ1n) is 8.55. The molecule has 2 aromatic rings. The molecule has 27 heavy (non-hydrogen) atoms. The summed E-state index contributed by atoms with van der Waals surface area (Å²) in [5.41, 5.74) is 0.653. The zero-order valence-electron chi connectivity index (χ0n) is 14.4. The summed E-state index contributed by atoms with van der Waals surface area (Å²) in [4.78, 5) is 24.9. The summed E-state index contributed by atoms with van der Waals surface area (Å²) in [5, 5.41) is 5.52. The minimum atomic E-state index is -0.389. The van der Waals surface area contributed by atoms with Crippen LogP contribution in [0.4, 0.5) is 0 Å². The SMILES string of the molecule is O=C(OCC(=O)N1N=C(c2ccco2)CC1c1ccco1)C1CSCCS1. The van der Waals surface area contributed by atoms with Crippen LogP contribution in [0.1, 0.15) is 24.0 Å². The minimum absolute atomic E-state index is 0.210. The zero-order chi connectivity index (χ0) is 18.6. The molecular weight excluding hydrogens is 388 g/mol. The molecule has 0 N–H and O–H groups in total. The fourth-order valence-corrected chi connectivity index (χ4v) is 5.49. The molecule has 1 fully saturated rings. The van der Waals surface area contributed by atoms with Gasteiger partial charge in [-0.25, -0.2) is 5.01 Å². The van der Waals surface area contributed by atoms with Gasteiger partial charge in [0, 0.05) is 23.7 Å². The van der Waals surface area contributed by atoms with Crippen molar-refractivity contribution in [2.45, 2.75) is 17.7 Å². The van der Waals surface area contributed by atoms with E-state index in [9.17, 15) is 9.59 Å². The first-order chi connectivity index (χ1) is 13.2. The highest BCUT2D eigenvalue weighted by atomic mass is 32.2. The Labute approximate surface area is 164 Å². The lowest BCUT2D eigenvalue weighted by molar-refractivity contribution is -0.152. The highest BCUT2D eigenvalue weighted by molar-refractivity contribution is 8.07. The first kappa shape index (κ1) is 18.2. The van der Waals surface area contributed by atoms with Crippen molar-refractivity contribution < 1.29 is 23.2 Å². The Balaban J connectivity index is 1.44. The van der Waals surface area contributed by atoms with Crippen LogP contribution >= 0.6 is 23.5 Å². The number of nitrogens with zero attached hydrogens (tertiary/aromatic N) is 2. The van der Waals surface area contributed by atoms with Gasteiger partial charge in [0.25, 0.3) is 5.91 Å². The van der Waals surface area contributed by atoms with Crippen molar-refractivity contribution in [1.29, 1.82) is 0 Å². The molecule has 0 aliphatic carbocycles. The van der Waals surface area contributed by atoms with Gasteiger partial charge in [-0.3, -0.25) is 9.59 Å². The Bertz CT molecular complexity index is 813. The van der Waals surface area contributed by atoms with E-state index in [0.717, 1.165) is 17.3 Å². The smallest absolute Gasteiger partial charge is 0.320 e. The lowest BCUT2D eigenvalue weighted by Gasteiger charge is -2.22. The maximum Gasteiger partial charge on any atom is 0.320 e. The number of carbonyl (C=O) groups is 2. The maximum atomic E-state index is 12.7. The van der Waals surface area contributed by atoms with E-state index < -0.39 is 0 Å². The number of carbonyl (C=O) groups excluding carboxylic acids is 2. The molecular formula is C18H18N2O5S2. The van der Waals surface area contributed by atoms with Gasteiger partial charge >= 0.3 is 5.97 Å². The van der Waals surface area contributed by atoms with E-state index in [1.165, 1.54) is 5.01 Å². The second-order valence-electron chi connectivity index (χ2n) is 6.04. The van der Waals surface area contributed by atoms with Crippen molar-refractivity contribution in [1.82, 2.24) is 5.01 Å². The molecule has 1 amide bonds. The summed E-state index contributed by atoms with van der Waals surface area (Å²) in [7, 11) is 0. The molecule has 2 aliphatic heterocycles. The summed E-state index contributed by atoms with van der Waals surface area (Å²) in [6.45, 7) is -0.341. The van der Waals surface area contributed by atoms with Gasteiger partial charge in [0.2, 0.25) is 0 Å². The fraction of sp³-hybridized carbons (Fsp3) is 0.389. The molecule has 2 aromatic heterocycles. The summed E-state index contributed by atoms with van der Waals surface area (Å²) in [5.74, 6) is 3.17. The van der Waals surface area contributed by atoms with Crippen molar-refractivity contribution >= 4 is 41.1 Å². The second kappa shape index (κ2) is 8.26. The van der Waals surface area contributed by atoms with Gasteiger partial charge < -0.3 is 13.6 Å². The van der Waals surface area contributed by atoms with Gasteiger partial charge in [0.1, 0.15) is 28.5 Å². The van der Waals surface area contributed by atoms with Gasteiger partial charge in [0.15, 0.2) is 6.61 Å². The van der Waals surface area contributed by atoms with Crippen LogP contribution in [0, 0.1) is 0 Å². The van der Waals surface area contributed by atoms with Crippen LogP contribution in [0.3, 0.4) is 0 Å². The Morgan fingerprint density at radius 1 is 1.22 bits per heavy atom. The third kappa shape index (κ3) is 4.08. The molecule has 7 nitrogen and oxygen atoms in total. The quantitative estimate of drug-likeness (QED) is 0.706. The molecule has 2 unspecified atom stereocenters. The zero-order valence-corrected chi connectivity index (χ0v) is 16.0. The summed E-state index contributed by atoms with van der Waals surface area (Å²) >= 11 is 3.30. The molecule has 0 radical (unpaired) electrons.